The Balaban J connectivity index is 1.61. The van der Waals surface area contributed by atoms with E-state index in [1.54, 1.807) is 10.9 Å². The van der Waals surface area contributed by atoms with Crippen molar-refractivity contribution in [3.05, 3.63) is 41.9 Å². The molecule has 2 N–H and O–H groups in total. The Morgan fingerprint density at radius 2 is 2.37 bits per heavy atom. The highest BCUT2D eigenvalue weighted by Gasteiger charge is 2.26. The van der Waals surface area contributed by atoms with Crippen LogP contribution in [0.2, 0.25) is 0 Å². The standard InChI is InChI=1S/C20H24N4O3/c1-4-26-17-9-14-8-13(3)27-19(14)18-15(17)10-16(23-18)20(25)22-12(2)11-24-7-5-6-21-24/h5-7,9-10,12-13,23H,4,8,11H2,1-3H3,(H,22,25). The monoisotopic (exact) mass is 368 g/mol. The predicted molar refractivity (Wildman–Crippen MR) is 102 cm³/mol. The topological polar surface area (TPSA) is 81.2 Å². The molecule has 0 saturated carbocycles. The zero-order valence-corrected chi connectivity index (χ0v) is 15.8. The lowest BCUT2D eigenvalue weighted by Crippen LogP contribution is -2.35. The number of nitrogens with one attached hydrogen (secondary N) is 2. The number of amides is 1. The van der Waals surface area contributed by atoms with Crippen LogP contribution in [0.25, 0.3) is 10.9 Å². The van der Waals surface area contributed by atoms with Crippen LogP contribution in [-0.4, -0.2) is 39.4 Å². The van der Waals surface area contributed by atoms with E-state index in [0.717, 1.165) is 34.4 Å². The van der Waals surface area contributed by atoms with Crippen LogP contribution >= 0.6 is 0 Å². The second-order valence-electron chi connectivity index (χ2n) is 7.00. The lowest BCUT2D eigenvalue weighted by Gasteiger charge is -2.13. The third kappa shape index (κ3) is 3.37. The summed E-state index contributed by atoms with van der Waals surface area (Å²) in [6, 6.07) is 5.67. The fourth-order valence-corrected chi connectivity index (χ4v) is 3.56. The van der Waals surface area contributed by atoms with Crippen LogP contribution in [-0.2, 0) is 13.0 Å². The van der Waals surface area contributed by atoms with E-state index in [0.29, 0.717) is 18.8 Å². The summed E-state index contributed by atoms with van der Waals surface area (Å²) in [4.78, 5) is 16.0. The van der Waals surface area contributed by atoms with E-state index in [4.69, 9.17) is 9.47 Å². The van der Waals surface area contributed by atoms with E-state index in [1.807, 2.05) is 45.2 Å². The largest absolute Gasteiger partial charge is 0.493 e. The van der Waals surface area contributed by atoms with E-state index in [9.17, 15) is 4.79 Å². The second kappa shape index (κ2) is 6.98. The summed E-state index contributed by atoms with van der Waals surface area (Å²) in [6.45, 7) is 7.13. The van der Waals surface area contributed by atoms with Crippen molar-refractivity contribution in [1.29, 1.82) is 0 Å². The van der Waals surface area contributed by atoms with Gasteiger partial charge in [0.2, 0.25) is 0 Å². The zero-order chi connectivity index (χ0) is 19.0. The van der Waals surface area contributed by atoms with Gasteiger partial charge in [-0.1, -0.05) is 0 Å². The average molecular weight is 368 g/mol. The van der Waals surface area contributed by atoms with Crippen molar-refractivity contribution in [3.8, 4) is 11.5 Å². The van der Waals surface area contributed by atoms with E-state index in [-0.39, 0.29) is 18.1 Å². The molecule has 0 fully saturated rings. The van der Waals surface area contributed by atoms with Crippen LogP contribution in [0.5, 0.6) is 11.5 Å². The first-order valence-corrected chi connectivity index (χ1v) is 9.31. The minimum absolute atomic E-state index is 0.0582. The number of carbonyl (C=O) groups excluding carboxylic acids is 1. The van der Waals surface area contributed by atoms with E-state index in [1.165, 1.54) is 0 Å². The molecule has 7 heteroatoms. The van der Waals surface area contributed by atoms with Gasteiger partial charge in [-0.15, -0.1) is 0 Å². The van der Waals surface area contributed by atoms with Crippen LogP contribution in [0.15, 0.2) is 30.6 Å². The maximum Gasteiger partial charge on any atom is 0.268 e. The minimum atomic E-state index is -0.159. The van der Waals surface area contributed by atoms with Crippen LogP contribution in [0, 0.1) is 0 Å². The molecule has 0 bridgehead atoms. The van der Waals surface area contributed by atoms with Crippen molar-refractivity contribution >= 4 is 16.8 Å². The number of aromatic amines is 1. The predicted octanol–water partition coefficient (Wildman–Crippen LogP) is 2.91. The fraction of sp³-hybridized carbons (Fsp3) is 0.400. The van der Waals surface area contributed by atoms with Gasteiger partial charge in [0.15, 0.2) is 0 Å². The smallest absolute Gasteiger partial charge is 0.268 e. The summed E-state index contributed by atoms with van der Waals surface area (Å²) < 4.78 is 13.6. The third-order valence-electron chi connectivity index (χ3n) is 4.68. The molecule has 1 aliphatic heterocycles. The highest BCUT2D eigenvalue weighted by Crippen LogP contribution is 2.41. The highest BCUT2D eigenvalue weighted by atomic mass is 16.5. The highest BCUT2D eigenvalue weighted by molar-refractivity contribution is 6.02. The SMILES string of the molecule is CCOc1cc2c(c3[nH]c(C(=O)NC(C)Cn4cccn4)cc13)OC(C)C2. The van der Waals surface area contributed by atoms with Gasteiger partial charge in [-0.2, -0.15) is 5.10 Å². The number of H-pyrrole nitrogens is 1. The van der Waals surface area contributed by atoms with E-state index < -0.39 is 0 Å². The maximum atomic E-state index is 12.7. The molecule has 27 heavy (non-hydrogen) atoms. The lowest BCUT2D eigenvalue weighted by molar-refractivity contribution is 0.0932. The van der Waals surface area contributed by atoms with E-state index >= 15 is 0 Å². The summed E-state index contributed by atoms with van der Waals surface area (Å²) in [6.07, 6.45) is 4.56. The molecule has 4 rings (SSSR count). The Labute approximate surface area is 157 Å². The molecule has 2 aromatic heterocycles. The molecular formula is C20H24N4O3. The summed E-state index contributed by atoms with van der Waals surface area (Å²) in [5.41, 5.74) is 2.43. The quantitative estimate of drug-likeness (QED) is 0.701. The summed E-state index contributed by atoms with van der Waals surface area (Å²) >= 11 is 0. The van der Waals surface area contributed by atoms with Crippen LogP contribution in [0.3, 0.4) is 0 Å². The van der Waals surface area contributed by atoms with Gasteiger partial charge in [0.25, 0.3) is 5.91 Å². The van der Waals surface area contributed by atoms with Gasteiger partial charge in [-0.25, -0.2) is 0 Å². The third-order valence-corrected chi connectivity index (χ3v) is 4.68. The summed E-state index contributed by atoms with van der Waals surface area (Å²) in [7, 11) is 0. The average Bonchev–Trinajstić information content (AvgIpc) is 3.33. The van der Waals surface area contributed by atoms with Crippen LogP contribution < -0.4 is 14.8 Å². The van der Waals surface area contributed by atoms with Crippen molar-refractivity contribution in [2.75, 3.05) is 6.61 Å². The van der Waals surface area contributed by atoms with Crippen molar-refractivity contribution < 1.29 is 14.3 Å². The van der Waals surface area contributed by atoms with Gasteiger partial charge in [0.05, 0.1) is 18.7 Å². The van der Waals surface area contributed by atoms with Gasteiger partial charge in [0, 0.05) is 35.8 Å². The molecule has 2 unspecified atom stereocenters. The zero-order valence-electron chi connectivity index (χ0n) is 15.8. The first kappa shape index (κ1) is 17.5. The number of fused-ring (bicyclic) bond motifs is 3. The molecule has 142 valence electrons. The molecule has 0 spiro atoms. The number of carbonyl (C=O) groups is 1. The molecular weight excluding hydrogens is 344 g/mol. The molecule has 1 aliphatic rings. The molecule has 0 saturated heterocycles. The minimum Gasteiger partial charge on any atom is -0.493 e. The Morgan fingerprint density at radius 3 is 3.11 bits per heavy atom. The number of rotatable bonds is 6. The van der Waals surface area contributed by atoms with Crippen LogP contribution in [0.1, 0.15) is 36.8 Å². The normalized spacial score (nSPS) is 16.8. The Hall–Kier alpha value is -2.96. The molecule has 1 aromatic carbocycles. The number of nitrogens with zero attached hydrogens (tertiary/aromatic N) is 2. The summed E-state index contributed by atoms with van der Waals surface area (Å²) in [5.74, 6) is 1.45. The van der Waals surface area contributed by atoms with Gasteiger partial charge in [-0.3, -0.25) is 9.48 Å². The van der Waals surface area contributed by atoms with Gasteiger partial charge < -0.3 is 19.8 Å². The van der Waals surface area contributed by atoms with Gasteiger partial charge in [-0.05, 0) is 39.0 Å². The van der Waals surface area contributed by atoms with Crippen molar-refractivity contribution in [1.82, 2.24) is 20.1 Å². The Morgan fingerprint density at radius 1 is 1.52 bits per heavy atom. The maximum absolute atomic E-state index is 12.7. The number of aromatic nitrogens is 3. The first-order valence-electron chi connectivity index (χ1n) is 9.31. The second-order valence-corrected chi connectivity index (χ2v) is 7.00. The molecule has 2 atom stereocenters. The number of benzene rings is 1. The van der Waals surface area contributed by atoms with Crippen molar-refractivity contribution in [2.24, 2.45) is 0 Å². The molecule has 3 aromatic rings. The van der Waals surface area contributed by atoms with Gasteiger partial charge >= 0.3 is 0 Å². The number of ether oxygens (including phenoxy) is 2. The first-order chi connectivity index (χ1) is 13.0. The fourth-order valence-electron chi connectivity index (χ4n) is 3.56. The van der Waals surface area contributed by atoms with Crippen LogP contribution in [0.4, 0.5) is 0 Å². The Kier molecular flexibility index (Phi) is 4.51. The number of hydrogen-bond acceptors (Lipinski definition) is 4. The van der Waals surface area contributed by atoms with Gasteiger partial charge in [0.1, 0.15) is 23.3 Å². The van der Waals surface area contributed by atoms with E-state index in [2.05, 4.69) is 15.4 Å². The molecule has 0 aliphatic carbocycles. The Bertz CT molecular complexity index is 961. The molecule has 0 radical (unpaired) electrons. The number of hydrogen-bond donors (Lipinski definition) is 2. The van der Waals surface area contributed by atoms with Crippen molar-refractivity contribution in [3.63, 3.8) is 0 Å². The molecule has 3 heterocycles. The molecule has 7 nitrogen and oxygen atoms in total. The lowest BCUT2D eigenvalue weighted by atomic mass is 10.1. The van der Waals surface area contributed by atoms with Crippen molar-refractivity contribution in [2.45, 2.75) is 45.9 Å². The molecule has 1 amide bonds. The summed E-state index contributed by atoms with van der Waals surface area (Å²) in [5, 5.41) is 8.05.